The molecule has 0 fully saturated rings. The molecule has 0 aliphatic carbocycles. The maximum Gasteiger partial charge on any atom is 0.0589 e. The first-order valence-electron chi connectivity index (χ1n) is 4.24. The maximum atomic E-state index is 5.01. The van der Waals surface area contributed by atoms with Crippen LogP contribution in [0.15, 0.2) is 0 Å². The standard InChI is InChI=1S/C9H21NOS/c1-9(2,12-5)8-10(3)6-7-11-4/h6-8H2,1-5H3. The molecule has 0 aliphatic heterocycles. The summed E-state index contributed by atoms with van der Waals surface area (Å²) in [5, 5.41) is 0. The highest BCUT2D eigenvalue weighted by Gasteiger charge is 2.17. The number of methoxy groups -OCH3 is 1. The summed E-state index contributed by atoms with van der Waals surface area (Å²) in [7, 11) is 3.88. The van der Waals surface area contributed by atoms with Gasteiger partial charge < -0.3 is 9.64 Å². The van der Waals surface area contributed by atoms with Crippen molar-refractivity contribution in [1.82, 2.24) is 4.90 Å². The van der Waals surface area contributed by atoms with Gasteiger partial charge in [-0.2, -0.15) is 11.8 Å². The normalized spacial score (nSPS) is 12.5. The van der Waals surface area contributed by atoms with Crippen molar-refractivity contribution in [3.8, 4) is 0 Å². The van der Waals surface area contributed by atoms with Crippen LogP contribution >= 0.6 is 11.8 Å². The third-order valence-corrected chi connectivity index (χ3v) is 3.11. The Morgan fingerprint density at radius 2 is 2.00 bits per heavy atom. The molecule has 0 saturated carbocycles. The minimum absolute atomic E-state index is 0.350. The number of nitrogens with zero attached hydrogens (tertiary/aromatic N) is 1. The van der Waals surface area contributed by atoms with Crippen LogP contribution in [0.1, 0.15) is 13.8 Å². The third-order valence-electron chi connectivity index (χ3n) is 1.88. The highest BCUT2D eigenvalue weighted by molar-refractivity contribution is 7.99. The van der Waals surface area contributed by atoms with Gasteiger partial charge in [0.05, 0.1) is 6.61 Å². The van der Waals surface area contributed by atoms with E-state index in [1.807, 2.05) is 11.8 Å². The molecular weight excluding hydrogens is 170 g/mol. The highest BCUT2D eigenvalue weighted by Crippen LogP contribution is 2.21. The van der Waals surface area contributed by atoms with Crippen molar-refractivity contribution in [2.45, 2.75) is 18.6 Å². The maximum absolute atomic E-state index is 5.01. The second-order valence-electron chi connectivity index (χ2n) is 3.69. The van der Waals surface area contributed by atoms with Crippen LogP contribution < -0.4 is 0 Å². The summed E-state index contributed by atoms with van der Waals surface area (Å²) in [5.41, 5.74) is 0. The Morgan fingerprint density at radius 3 is 2.42 bits per heavy atom. The molecular formula is C9H21NOS. The molecule has 74 valence electrons. The molecule has 0 rings (SSSR count). The monoisotopic (exact) mass is 191 g/mol. The second-order valence-corrected chi connectivity index (χ2v) is 5.21. The molecule has 3 heteroatoms. The molecule has 0 unspecified atom stereocenters. The number of rotatable bonds is 6. The number of ether oxygens (including phenoxy) is 1. The van der Waals surface area contributed by atoms with Gasteiger partial charge in [-0.15, -0.1) is 0 Å². The SMILES string of the molecule is COCCN(C)CC(C)(C)SC. The number of hydrogen-bond donors (Lipinski definition) is 0. The fraction of sp³-hybridized carbons (Fsp3) is 1.00. The molecule has 0 radical (unpaired) electrons. The molecule has 0 spiro atoms. The molecule has 0 bridgehead atoms. The summed E-state index contributed by atoms with van der Waals surface area (Å²) < 4.78 is 5.36. The van der Waals surface area contributed by atoms with Crippen molar-refractivity contribution < 1.29 is 4.74 Å². The smallest absolute Gasteiger partial charge is 0.0589 e. The second kappa shape index (κ2) is 5.84. The van der Waals surface area contributed by atoms with Crippen LogP contribution in [0.5, 0.6) is 0 Å². The summed E-state index contributed by atoms with van der Waals surface area (Å²) in [6.07, 6.45) is 2.16. The zero-order valence-corrected chi connectivity index (χ0v) is 9.70. The first-order valence-corrected chi connectivity index (χ1v) is 5.47. The molecule has 0 aromatic rings. The lowest BCUT2D eigenvalue weighted by atomic mass is 10.2. The molecule has 0 aromatic heterocycles. The first-order chi connectivity index (χ1) is 5.52. The van der Waals surface area contributed by atoms with E-state index >= 15 is 0 Å². The average Bonchev–Trinajstić information content (AvgIpc) is 2.00. The van der Waals surface area contributed by atoms with Crippen molar-refractivity contribution in [3.63, 3.8) is 0 Å². The van der Waals surface area contributed by atoms with Crippen LogP contribution in [0.3, 0.4) is 0 Å². The Hall–Kier alpha value is 0.270. The minimum Gasteiger partial charge on any atom is -0.383 e. The minimum atomic E-state index is 0.350. The van der Waals surface area contributed by atoms with Gasteiger partial charge in [-0.05, 0) is 27.2 Å². The van der Waals surface area contributed by atoms with Gasteiger partial charge in [0.2, 0.25) is 0 Å². The van der Waals surface area contributed by atoms with Crippen LogP contribution in [0.4, 0.5) is 0 Å². The average molecular weight is 191 g/mol. The van der Waals surface area contributed by atoms with Crippen LogP contribution in [0.25, 0.3) is 0 Å². The number of hydrogen-bond acceptors (Lipinski definition) is 3. The molecule has 0 saturated heterocycles. The summed E-state index contributed by atoms with van der Waals surface area (Å²) in [6, 6.07) is 0. The van der Waals surface area contributed by atoms with Crippen molar-refractivity contribution in [2.24, 2.45) is 0 Å². The lowest BCUT2D eigenvalue weighted by molar-refractivity contribution is 0.158. The van der Waals surface area contributed by atoms with Gasteiger partial charge in [0.25, 0.3) is 0 Å². The van der Waals surface area contributed by atoms with E-state index in [-0.39, 0.29) is 0 Å². The van der Waals surface area contributed by atoms with Crippen LogP contribution in [-0.4, -0.2) is 49.8 Å². The van der Waals surface area contributed by atoms with Crippen LogP contribution in [0, 0.1) is 0 Å². The molecule has 12 heavy (non-hydrogen) atoms. The predicted molar refractivity (Wildman–Crippen MR) is 57.0 cm³/mol. The van der Waals surface area contributed by atoms with E-state index < -0.39 is 0 Å². The third kappa shape index (κ3) is 5.86. The molecule has 0 aromatic carbocycles. The topological polar surface area (TPSA) is 12.5 Å². The van der Waals surface area contributed by atoms with E-state index in [2.05, 4.69) is 32.1 Å². The predicted octanol–water partition coefficient (Wildman–Crippen LogP) is 1.71. The van der Waals surface area contributed by atoms with Gasteiger partial charge in [-0.3, -0.25) is 0 Å². The summed E-state index contributed by atoms with van der Waals surface area (Å²) in [6.45, 7) is 7.47. The summed E-state index contributed by atoms with van der Waals surface area (Å²) in [4.78, 5) is 2.31. The Morgan fingerprint density at radius 1 is 1.42 bits per heavy atom. The van der Waals surface area contributed by atoms with E-state index in [1.165, 1.54) is 0 Å². The fourth-order valence-corrected chi connectivity index (χ4v) is 1.39. The zero-order chi connectivity index (χ0) is 9.61. The Labute approximate surface area is 80.7 Å². The van der Waals surface area contributed by atoms with E-state index in [1.54, 1.807) is 7.11 Å². The molecule has 2 nitrogen and oxygen atoms in total. The Bertz CT molecular complexity index is 117. The first kappa shape index (κ1) is 12.3. The molecule has 0 heterocycles. The van der Waals surface area contributed by atoms with Crippen LogP contribution in [-0.2, 0) is 4.74 Å². The number of thioether (sulfide) groups is 1. The van der Waals surface area contributed by atoms with Crippen LogP contribution in [0.2, 0.25) is 0 Å². The lowest BCUT2D eigenvalue weighted by Crippen LogP contribution is -2.35. The van der Waals surface area contributed by atoms with Gasteiger partial charge in [0.1, 0.15) is 0 Å². The largest absolute Gasteiger partial charge is 0.383 e. The Balaban J connectivity index is 3.60. The molecule has 0 atom stereocenters. The van der Waals surface area contributed by atoms with Crippen molar-refractivity contribution in [3.05, 3.63) is 0 Å². The van der Waals surface area contributed by atoms with Crippen molar-refractivity contribution in [2.75, 3.05) is 40.1 Å². The van der Waals surface area contributed by atoms with E-state index in [4.69, 9.17) is 4.74 Å². The number of likely N-dealkylation sites (N-methyl/N-ethyl adjacent to an activating group) is 1. The van der Waals surface area contributed by atoms with Crippen molar-refractivity contribution >= 4 is 11.8 Å². The Kier molecular flexibility index (Phi) is 5.97. The quantitative estimate of drug-likeness (QED) is 0.634. The van der Waals surface area contributed by atoms with Gasteiger partial charge in [0.15, 0.2) is 0 Å². The lowest BCUT2D eigenvalue weighted by Gasteiger charge is -2.28. The van der Waals surface area contributed by atoms with Gasteiger partial charge >= 0.3 is 0 Å². The molecule has 0 aliphatic rings. The van der Waals surface area contributed by atoms with Gasteiger partial charge in [-0.1, -0.05) is 0 Å². The van der Waals surface area contributed by atoms with E-state index in [0.29, 0.717) is 4.75 Å². The fourth-order valence-electron chi connectivity index (χ4n) is 1.04. The van der Waals surface area contributed by atoms with Crippen molar-refractivity contribution in [1.29, 1.82) is 0 Å². The molecule has 0 N–H and O–H groups in total. The zero-order valence-electron chi connectivity index (χ0n) is 8.89. The van der Waals surface area contributed by atoms with E-state index in [9.17, 15) is 0 Å². The van der Waals surface area contributed by atoms with Gasteiger partial charge in [-0.25, -0.2) is 0 Å². The highest BCUT2D eigenvalue weighted by atomic mass is 32.2. The summed E-state index contributed by atoms with van der Waals surface area (Å²) in [5.74, 6) is 0. The molecule has 0 amide bonds. The van der Waals surface area contributed by atoms with E-state index in [0.717, 1.165) is 19.7 Å². The summed E-state index contributed by atoms with van der Waals surface area (Å²) >= 11 is 1.91. The van der Waals surface area contributed by atoms with Gasteiger partial charge in [0, 0.05) is 24.9 Å².